The van der Waals surface area contributed by atoms with Crippen LogP contribution in [-0.2, 0) is 4.79 Å². The first-order valence-corrected chi connectivity index (χ1v) is 9.52. The van der Waals surface area contributed by atoms with Gasteiger partial charge in [0.05, 0.1) is 22.4 Å². The quantitative estimate of drug-likeness (QED) is 0.704. The Balaban J connectivity index is 1.91. The third kappa shape index (κ3) is 3.23. The topological polar surface area (TPSA) is 46.9 Å². The number of hydrogen-bond donors (Lipinski definition) is 1. The molecule has 0 fully saturated rings. The molecule has 1 aliphatic heterocycles. The number of rotatable bonds is 2. The van der Waals surface area contributed by atoms with Crippen LogP contribution in [0.5, 0.6) is 0 Å². The average molecular weight is 385 g/mol. The highest BCUT2D eigenvalue weighted by Gasteiger charge is 2.32. The van der Waals surface area contributed by atoms with E-state index in [-0.39, 0.29) is 17.2 Å². The van der Waals surface area contributed by atoms with Gasteiger partial charge in [-0.25, -0.2) is 13.5 Å². The van der Waals surface area contributed by atoms with Crippen LogP contribution >= 0.6 is 11.8 Å². The number of anilines is 1. The van der Waals surface area contributed by atoms with Crippen molar-refractivity contribution in [1.29, 1.82) is 0 Å². The molecule has 0 aliphatic carbocycles. The Morgan fingerprint density at radius 2 is 1.89 bits per heavy atom. The number of amides is 1. The molecule has 1 amide bonds. The molecule has 0 spiro atoms. The molecule has 0 saturated carbocycles. The van der Waals surface area contributed by atoms with Crippen LogP contribution in [-0.4, -0.2) is 21.4 Å². The van der Waals surface area contributed by atoms with Crippen molar-refractivity contribution in [3.05, 3.63) is 76.5 Å². The highest BCUT2D eigenvalue weighted by atomic mass is 32.2. The maximum atomic E-state index is 14.5. The zero-order valence-corrected chi connectivity index (χ0v) is 15.6. The Morgan fingerprint density at radius 1 is 1.15 bits per heavy atom. The van der Waals surface area contributed by atoms with Crippen LogP contribution in [0, 0.1) is 25.5 Å². The predicted molar refractivity (Wildman–Crippen MR) is 102 cm³/mol. The van der Waals surface area contributed by atoms with Gasteiger partial charge in [0.2, 0.25) is 5.91 Å². The number of nitrogens with one attached hydrogen (secondary N) is 1. The Morgan fingerprint density at radius 3 is 2.63 bits per heavy atom. The first-order chi connectivity index (χ1) is 12.9. The Hall–Kier alpha value is -2.67. The molecule has 0 radical (unpaired) electrons. The van der Waals surface area contributed by atoms with Gasteiger partial charge in [-0.2, -0.15) is 5.10 Å². The fourth-order valence-electron chi connectivity index (χ4n) is 3.22. The molecule has 0 saturated heterocycles. The fourth-order valence-corrected chi connectivity index (χ4v) is 4.42. The van der Waals surface area contributed by atoms with Crippen molar-refractivity contribution in [3.8, 4) is 5.69 Å². The van der Waals surface area contributed by atoms with Gasteiger partial charge in [0.25, 0.3) is 0 Å². The summed E-state index contributed by atoms with van der Waals surface area (Å²) in [5.74, 6) is -0.575. The van der Waals surface area contributed by atoms with Gasteiger partial charge in [-0.3, -0.25) is 4.79 Å². The van der Waals surface area contributed by atoms with E-state index in [2.05, 4.69) is 10.4 Å². The number of aryl methyl sites for hydroxylation is 2. The van der Waals surface area contributed by atoms with E-state index in [0.29, 0.717) is 17.1 Å². The molecule has 1 aromatic heterocycles. The van der Waals surface area contributed by atoms with Crippen LogP contribution in [0.3, 0.4) is 0 Å². The first-order valence-electron chi connectivity index (χ1n) is 8.47. The largest absolute Gasteiger partial charge is 0.310 e. The summed E-state index contributed by atoms with van der Waals surface area (Å²) in [4.78, 5) is 12.3. The predicted octanol–water partition coefficient (Wildman–Crippen LogP) is 4.54. The maximum absolute atomic E-state index is 14.5. The van der Waals surface area contributed by atoms with Crippen LogP contribution in [0.4, 0.5) is 14.6 Å². The number of thioether (sulfide) groups is 1. The lowest BCUT2D eigenvalue weighted by Crippen LogP contribution is -2.15. The molecular weight excluding hydrogens is 368 g/mol. The molecular formula is C20H17F2N3OS. The summed E-state index contributed by atoms with van der Waals surface area (Å²) in [6.07, 6.45) is 0. The van der Waals surface area contributed by atoms with Crippen LogP contribution in [0.15, 0.2) is 42.5 Å². The third-order valence-corrected chi connectivity index (χ3v) is 5.78. The lowest BCUT2D eigenvalue weighted by atomic mass is 10.0. The second-order valence-corrected chi connectivity index (χ2v) is 7.59. The number of benzene rings is 2. The summed E-state index contributed by atoms with van der Waals surface area (Å²) in [6, 6.07) is 11.1. The number of halogens is 2. The van der Waals surface area contributed by atoms with Crippen molar-refractivity contribution in [3.63, 3.8) is 0 Å². The molecule has 2 aromatic carbocycles. The maximum Gasteiger partial charge on any atom is 0.235 e. The monoisotopic (exact) mass is 385 g/mol. The highest BCUT2D eigenvalue weighted by molar-refractivity contribution is 8.00. The molecule has 2 heterocycles. The van der Waals surface area contributed by atoms with Gasteiger partial charge in [0, 0.05) is 11.1 Å². The number of nitrogens with zero attached hydrogens (tertiary/aromatic N) is 2. The van der Waals surface area contributed by atoms with Crippen molar-refractivity contribution in [2.45, 2.75) is 19.1 Å². The molecule has 138 valence electrons. The van der Waals surface area contributed by atoms with Crippen LogP contribution in [0.25, 0.3) is 5.69 Å². The summed E-state index contributed by atoms with van der Waals surface area (Å²) in [6.45, 7) is 3.80. The molecule has 3 aromatic rings. The summed E-state index contributed by atoms with van der Waals surface area (Å²) in [7, 11) is 0. The second kappa shape index (κ2) is 6.81. The minimum absolute atomic E-state index is 0.142. The summed E-state index contributed by atoms with van der Waals surface area (Å²) >= 11 is 1.26. The molecule has 4 rings (SSSR count). The average Bonchev–Trinajstić information content (AvgIpc) is 2.84. The zero-order valence-electron chi connectivity index (χ0n) is 14.8. The fraction of sp³-hybridized carbons (Fsp3) is 0.200. The van der Waals surface area contributed by atoms with Crippen molar-refractivity contribution in [2.75, 3.05) is 11.1 Å². The van der Waals surface area contributed by atoms with Gasteiger partial charge in [0.1, 0.15) is 17.5 Å². The molecule has 7 heteroatoms. The SMILES string of the molecule is Cc1ccc(-n2nc(C)c3c2NC(=O)CSC3c2cc(F)ccc2F)cc1. The van der Waals surface area contributed by atoms with Gasteiger partial charge in [-0.05, 0) is 44.2 Å². The van der Waals surface area contributed by atoms with Crippen molar-refractivity contribution >= 4 is 23.5 Å². The Bertz CT molecular complexity index is 1030. The molecule has 1 N–H and O–H groups in total. The van der Waals surface area contributed by atoms with Crippen LogP contribution < -0.4 is 5.32 Å². The molecule has 0 bridgehead atoms. The first kappa shape index (κ1) is 17.7. The third-order valence-electron chi connectivity index (χ3n) is 4.53. The van der Waals surface area contributed by atoms with Crippen molar-refractivity contribution < 1.29 is 13.6 Å². The van der Waals surface area contributed by atoms with Gasteiger partial charge < -0.3 is 5.32 Å². The molecule has 1 atom stereocenters. The van der Waals surface area contributed by atoms with Crippen molar-refractivity contribution in [2.24, 2.45) is 0 Å². The summed E-state index contributed by atoms with van der Waals surface area (Å²) in [5.41, 5.74) is 3.46. The van der Waals surface area contributed by atoms with Crippen molar-refractivity contribution in [1.82, 2.24) is 9.78 Å². The van der Waals surface area contributed by atoms with Crippen LogP contribution in [0.2, 0.25) is 0 Å². The molecule has 1 unspecified atom stereocenters. The smallest absolute Gasteiger partial charge is 0.235 e. The van der Waals surface area contributed by atoms with E-state index in [1.165, 1.54) is 17.8 Å². The summed E-state index contributed by atoms with van der Waals surface area (Å²) in [5, 5.41) is 6.92. The van der Waals surface area contributed by atoms with E-state index in [4.69, 9.17) is 0 Å². The molecule has 1 aliphatic rings. The lowest BCUT2D eigenvalue weighted by Gasteiger charge is -2.16. The highest BCUT2D eigenvalue weighted by Crippen LogP contribution is 2.44. The lowest BCUT2D eigenvalue weighted by molar-refractivity contribution is -0.113. The minimum atomic E-state index is -0.533. The van der Waals surface area contributed by atoms with E-state index in [1.807, 2.05) is 38.1 Å². The number of carbonyl (C=O) groups is 1. The van der Waals surface area contributed by atoms with Gasteiger partial charge in [-0.1, -0.05) is 17.7 Å². The second-order valence-electron chi connectivity index (χ2n) is 6.50. The number of hydrogen-bond acceptors (Lipinski definition) is 3. The number of aromatic nitrogens is 2. The van der Waals surface area contributed by atoms with E-state index >= 15 is 0 Å². The van der Waals surface area contributed by atoms with E-state index in [0.717, 1.165) is 23.4 Å². The number of fused-ring (bicyclic) bond motifs is 1. The normalized spacial score (nSPS) is 16.6. The Labute approximate surface area is 159 Å². The Kier molecular flexibility index (Phi) is 4.47. The zero-order chi connectivity index (χ0) is 19.1. The number of carbonyl (C=O) groups excluding carboxylic acids is 1. The van der Waals surface area contributed by atoms with Gasteiger partial charge in [0.15, 0.2) is 0 Å². The molecule has 27 heavy (non-hydrogen) atoms. The van der Waals surface area contributed by atoms with E-state index < -0.39 is 16.9 Å². The standard InChI is InChI=1S/C20H17F2N3OS/c1-11-3-6-14(7-4-11)25-20-18(12(2)24-25)19(27-10-17(26)23-20)15-9-13(21)5-8-16(15)22/h3-9,19H,10H2,1-2H3,(H,23,26). The van der Waals surface area contributed by atoms with Gasteiger partial charge in [-0.15, -0.1) is 11.8 Å². The van der Waals surface area contributed by atoms with E-state index in [9.17, 15) is 13.6 Å². The van der Waals surface area contributed by atoms with Gasteiger partial charge >= 0.3 is 0 Å². The minimum Gasteiger partial charge on any atom is -0.310 e. The van der Waals surface area contributed by atoms with E-state index in [1.54, 1.807) is 4.68 Å². The van der Waals surface area contributed by atoms with Crippen LogP contribution in [0.1, 0.15) is 27.6 Å². The summed E-state index contributed by atoms with van der Waals surface area (Å²) < 4.78 is 29.9. The molecule has 4 nitrogen and oxygen atoms in total.